The van der Waals surface area contributed by atoms with E-state index in [0.29, 0.717) is 22.9 Å². The SMILES string of the molecule is Nc1ccc(C2CCCN2Cc2c(F)cccc2Cl)nn1. The Morgan fingerprint density at radius 2 is 2.14 bits per heavy atom. The van der Waals surface area contributed by atoms with Crippen LogP contribution in [0.5, 0.6) is 0 Å². The average Bonchev–Trinajstić information content (AvgIpc) is 2.92. The van der Waals surface area contributed by atoms with Gasteiger partial charge in [0.1, 0.15) is 11.6 Å². The summed E-state index contributed by atoms with van der Waals surface area (Å²) in [5.41, 5.74) is 6.98. The highest BCUT2D eigenvalue weighted by Gasteiger charge is 2.28. The first-order valence-electron chi connectivity index (χ1n) is 6.91. The minimum atomic E-state index is -0.267. The van der Waals surface area contributed by atoms with Gasteiger partial charge in [0, 0.05) is 17.1 Å². The Labute approximate surface area is 127 Å². The predicted molar refractivity (Wildman–Crippen MR) is 80.2 cm³/mol. The van der Waals surface area contributed by atoms with E-state index in [1.807, 2.05) is 6.07 Å². The van der Waals surface area contributed by atoms with Crippen LogP contribution in [0.3, 0.4) is 0 Å². The third-order valence-electron chi connectivity index (χ3n) is 3.83. The molecule has 2 heterocycles. The van der Waals surface area contributed by atoms with Crippen LogP contribution in [0.1, 0.15) is 30.1 Å². The van der Waals surface area contributed by atoms with E-state index in [1.54, 1.807) is 18.2 Å². The fourth-order valence-corrected chi connectivity index (χ4v) is 2.99. The molecule has 0 amide bonds. The van der Waals surface area contributed by atoms with Gasteiger partial charge in [-0.1, -0.05) is 17.7 Å². The molecule has 1 unspecified atom stereocenters. The summed E-state index contributed by atoms with van der Waals surface area (Å²) in [6.07, 6.45) is 2.02. The fourth-order valence-electron chi connectivity index (χ4n) is 2.77. The number of hydrogen-bond acceptors (Lipinski definition) is 4. The lowest BCUT2D eigenvalue weighted by Gasteiger charge is -2.24. The molecule has 1 aromatic heterocycles. The molecule has 2 N–H and O–H groups in total. The van der Waals surface area contributed by atoms with Crippen LogP contribution in [0.15, 0.2) is 30.3 Å². The van der Waals surface area contributed by atoms with E-state index in [4.69, 9.17) is 17.3 Å². The molecule has 110 valence electrons. The lowest BCUT2D eigenvalue weighted by Crippen LogP contribution is -2.24. The summed E-state index contributed by atoms with van der Waals surface area (Å²) in [5, 5.41) is 8.52. The minimum absolute atomic E-state index is 0.133. The lowest BCUT2D eigenvalue weighted by molar-refractivity contribution is 0.240. The second-order valence-electron chi connectivity index (χ2n) is 5.21. The zero-order valence-electron chi connectivity index (χ0n) is 11.5. The van der Waals surface area contributed by atoms with Gasteiger partial charge in [0.2, 0.25) is 0 Å². The smallest absolute Gasteiger partial charge is 0.146 e. The summed E-state index contributed by atoms with van der Waals surface area (Å²) < 4.78 is 13.9. The minimum Gasteiger partial charge on any atom is -0.382 e. The van der Waals surface area contributed by atoms with E-state index in [2.05, 4.69) is 15.1 Å². The number of halogens is 2. The van der Waals surface area contributed by atoms with Crippen LogP contribution in [0.25, 0.3) is 0 Å². The topological polar surface area (TPSA) is 55.0 Å². The Morgan fingerprint density at radius 3 is 2.86 bits per heavy atom. The van der Waals surface area contributed by atoms with Gasteiger partial charge < -0.3 is 5.73 Å². The van der Waals surface area contributed by atoms with Gasteiger partial charge in [-0.15, -0.1) is 5.10 Å². The van der Waals surface area contributed by atoms with Crippen molar-refractivity contribution in [1.82, 2.24) is 15.1 Å². The molecule has 1 aliphatic heterocycles. The van der Waals surface area contributed by atoms with E-state index in [1.165, 1.54) is 6.07 Å². The third kappa shape index (κ3) is 2.99. The number of nitrogens with two attached hydrogens (primary N) is 1. The second-order valence-corrected chi connectivity index (χ2v) is 5.62. The van der Waals surface area contributed by atoms with Crippen LogP contribution in [-0.2, 0) is 6.54 Å². The van der Waals surface area contributed by atoms with Gasteiger partial charge in [0.25, 0.3) is 0 Å². The van der Waals surface area contributed by atoms with Gasteiger partial charge in [0.15, 0.2) is 0 Å². The molecule has 0 spiro atoms. The summed E-state index contributed by atoms with van der Waals surface area (Å²) in [6.45, 7) is 1.36. The maximum Gasteiger partial charge on any atom is 0.146 e. The van der Waals surface area contributed by atoms with E-state index >= 15 is 0 Å². The van der Waals surface area contributed by atoms with Gasteiger partial charge in [-0.2, -0.15) is 5.10 Å². The Morgan fingerprint density at radius 1 is 1.29 bits per heavy atom. The largest absolute Gasteiger partial charge is 0.382 e. The van der Waals surface area contributed by atoms with Crippen LogP contribution < -0.4 is 5.73 Å². The molecule has 3 rings (SSSR count). The molecule has 0 saturated carbocycles. The summed E-state index contributed by atoms with van der Waals surface area (Å²) >= 11 is 6.11. The molecule has 1 aromatic carbocycles. The van der Waals surface area contributed by atoms with Crippen molar-refractivity contribution < 1.29 is 4.39 Å². The molecular formula is C15H16ClFN4. The predicted octanol–water partition coefficient (Wildman–Crippen LogP) is 3.19. The molecule has 21 heavy (non-hydrogen) atoms. The quantitative estimate of drug-likeness (QED) is 0.946. The number of anilines is 1. The Kier molecular flexibility index (Phi) is 4.03. The standard InChI is InChI=1S/C15H16ClFN4/c16-11-3-1-4-12(17)10(11)9-21-8-2-5-14(21)13-6-7-15(18)20-19-13/h1,3-4,6-7,14H,2,5,8-9H2,(H2,18,20). The van der Waals surface area contributed by atoms with Crippen LogP contribution in [0.4, 0.5) is 10.2 Å². The Balaban J connectivity index is 1.83. The molecule has 1 saturated heterocycles. The van der Waals surface area contributed by atoms with Crippen LogP contribution in [-0.4, -0.2) is 21.6 Å². The zero-order valence-corrected chi connectivity index (χ0v) is 12.2. The highest BCUT2D eigenvalue weighted by molar-refractivity contribution is 6.31. The summed E-state index contributed by atoms with van der Waals surface area (Å²) in [6, 6.07) is 8.54. The number of likely N-dealkylation sites (tertiary alicyclic amines) is 1. The zero-order chi connectivity index (χ0) is 14.8. The van der Waals surface area contributed by atoms with Crippen molar-refractivity contribution in [2.24, 2.45) is 0 Å². The molecule has 2 aromatic rings. The molecule has 4 nitrogen and oxygen atoms in total. The van der Waals surface area contributed by atoms with Crippen LogP contribution >= 0.6 is 11.6 Å². The molecule has 1 fully saturated rings. The van der Waals surface area contributed by atoms with Crippen molar-refractivity contribution in [2.45, 2.75) is 25.4 Å². The number of nitrogen functional groups attached to an aromatic ring is 1. The highest BCUT2D eigenvalue weighted by Crippen LogP contribution is 2.33. The van der Waals surface area contributed by atoms with E-state index < -0.39 is 0 Å². The number of benzene rings is 1. The van der Waals surface area contributed by atoms with Crippen molar-refractivity contribution in [3.05, 3.63) is 52.4 Å². The third-order valence-corrected chi connectivity index (χ3v) is 4.19. The average molecular weight is 307 g/mol. The summed E-state index contributed by atoms with van der Waals surface area (Å²) in [5.74, 6) is 0.136. The molecule has 1 atom stereocenters. The Bertz CT molecular complexity index is 612. The number of hydrogen-bond donors (Lipinski definition) is 1. The number of aromatic nitrogens is 2. The first-order valence-corrected chi connectivity index (χ1v) is 7.29. The van der Waals surface area contributed by atoms with E-state index in [0.717, 1.165) is 25.1 Å². The number of rotatable bonds is 3. The Hall–Kier alpha value is -1.72. The second kappa shape index (κ2) is 5.95. The van der Waals surface area contributed by atoms with Crippen molar-refractivity contribution >= 4 is 17.4 Å². The van der Waals surface area contributed by atoms with Crippen molar-refractivity contribution in [2.75, 3.05) is 12.3 Å². The normalized spacial score (nSPS) is 19.0. The van der Waals surface area contributed by atoms with Gasteiger partial charge in [-0.05, 0) is 43.7 Å². The van der Waals surface area contributed by atoms with Gasteiger partial charge in [-0.25, -0.2) is 4.39 Å². The lowest BCUT2D eigenvalue weighted by atomic mass is 10.1. The molecule has 0 radical (unpaired) electrons. The van der Waals surface area contributed by atoms with Gasteiger partial charge >= 0.3 is 0 Å². The van der Waals surface area contributed by atoms with Crippen molar-refractivity contribution in [1.29, 1.82) is 0 Å². The first kappa shape index (κ1) is 14.2. The van der Waals surface area contributed by atoms with Crippen LogP contribution in [0.2, 0.25) is 5.02 Å². The molecular weight excluding hydrogens is 291 g/mol. The van der Waals surface area contributed by atoms with E-state index in [9.17, 15) is 4.39 Å². The highest BCUT2D eigenvalue weighted by atomic mass is 35.5. The maximum atomic E-state index is 13.9. The van der Waals surface area contributed by atoms with Gasteiger partial charge in [0.05, 0.1) is 11.7 Å². The molecule has 0 aliphatic carbocycles. The fraction of sp³-hybridized carbons (Fsp3) is 0.333. The van der Waals surface area contributed by atoms with E-state index in [-0.39, 0.29) is 11.9 Å². The molecule has 6 heteroatoms. The van der Waals surface area contributed by atoms with Crippen molar-refractivity contribution in [3.63, 3.8) is 0 Å². The first-order chi connectivity index (χ1) is 10.1. The number of nitrogens with zero attached hydrogens (tertiary/aromatic N) is 3. The van der Waals surface area contributed by atoms with Gasteiger partial charge in [-0.3, -0.25) is 4.90 Å². The molecule has 0 bridgehead atoms. The summed E-state index contributed by atoms with van der Waals surface area (Å²) in [4.78, 5) is 2.19. The van der Waals surface area contributed by atoms with Crippen molar-refractivity contribution in [3.8, 4) is 0 Å². The monoisotopic (exact) mass is 306 g/mol. The molecule has 1 aliphatic rings. The maximum absolute atomic E-state index is 13.9. The van der Waals surface area contributed by atoms with Crippen LogP contribution in [0, 0.1) is 5.82 Å². The summed E-state index contributed by atoms with van der Waals surface area (Å²) in [7, 11) is 0.